The third-order valence-corrected chi connectivity index (χ3v) is 9.32. The van der Waals surface area contributed by atoms with Gasteiger partial charge in [0, 0.05) is 18.0 Å². The number of aryl methyl sites for hydroxylation is 1. The van der Waals surface area contributed by atoms with Crippen LogP contribution < -0.4 is 0 Å². The molecule has 1 aromatic carbocycles. The number of esters is 1. The second-order valence-electron chi connectivity index (χ2n) is 13.1. The van der Waals surface area contributed by atoms with Crippen molar-refractivity contribution >= 4 is 23.4 Å². The van der Waals surface area contributed by atoms with Crippen LogP contribution >= 0.6 is 0 Å². The van der Waals surface area contributed by atoms with E-state index in [-0.39, 0.29) is 24.0 Å². The van der Waals surface area contributed by atoms with E-state index in [0.29, 0.717) is 6.42 Å². The van der Waals surface area contributed by atoms with Crippen molar-refractivity contribution in [2.75, 3.05) is 0 Å². The Labute approximate surface area is 269 Å². The van der Waals surface area contributed by atoms with Gasteiger partial charge in [0.05, 0.1) is 29.7 Å². The van der Waals surface area contributed by atoms with Gasteiger partial charge in [-0.25, -0.2) is 0 Å². The molecule has 2 aromatic rings. The second kappa shape index (κ2) is 16.1. The van der Waals surface area contributed by atoms with Gasteiger partial charge in [0.25, 0.3) is 0 Å². The van der Waals surface area contributed by atoms with Crippen molar-refractivity contribution < 1.29 is 24.5 Å². The summed E-state index contributed by atoms with van der Waals surface area (Å²) in [5, 5.41) is 22.3. The van der Waals surface area contributed by atoms with Crippen molar-refractivity contribution in [3.8, 4) is 0 Å². The summed E-state index contributed by atoms with van der Waals surface area (Å²) in [7, 11) is 0. The molecule has 0 bridgehead atoms. The summed E-state index contributed by atoms with van der Waals surface area (Å²) in [5.74, 6) is -1.96. The van der Waals surface area contributed by atoms with Crippen LogP contribution in [0.5, 0.6) is 0 Å². The maximum Gasteiger partial charge on any atom is 0.309 e. The smallest absolute Gasteiger partial charge is 0.309 e. The number of ketones is 1. The highest BCUT2D eigenvalue weighted by Gasteiger charge is 2.44. The summed E-state index contributed by atoms with van der Waals surface area (Å²) < 4.78 is 6.06. The van der Waals surface area contributed by atoms with Gasteiger partial charge in [-0.3, -0.25) is 14.6 Å². The van der Waals surface area contributed by atoms with Gasteiger partial charge < -0.3 is 14.9 Å². The molecule has 0 aliphatic heterocycles. The van der Waals surface area contributed by atoms with E-state index in [9.17, 15) is 19.8 Å². The molecule has 1 aliphatic carbocycles. The zero-order valence-corrected chi connectivity index (χ0v) is 27.8. The number of hydrogen-bond donors (Lipinski definition) is 2. The first-order valence-electron chi connectivity index (χ1n) is 16.0. The fraction of sp³-hybridized carbons (Fsp3) is 0.462. The number of Topliss-reactive ketones (excluding diaryl/α,β-unsaturated/α-hetero) is 1. The van der Waals surface area contributed by atoms with Crippen molar-refractivity contribution in [1.29, 1.82) is 0 Å². The van der Waals surface area contributed by atoms with E-state index in [1.54, 1.807) is 13.8 Å². The zero-order valence-electron chi connectivity index (χ0n) is 27.8. The molecule has 6 heteroatoms. The summed E-state index contributed by atoms with van der Waals surface area (Å²) in [4.78, 5) is 31.7. The van der Waals surface area contributed by atoms with E-state index in [2.05, 4.69) is 24.2 Å². The van der Waals surface area contributed by atoms with Gasteiger partial charge in [-0.2, -0.15) is 0 Å². The van der Waals surface area contributed by atoms with E-state index in [1.165, 1.54) is 6.08 Å². The quantitative estimate of drug-likeness (QED) is 0.149. The molecule has 0 saturated carbocycles. The molecule has 6 nitrogen and oxygen atoms in total. The molecule has 0 spiro atoms. The molecule has 3 rings (SSSR count). The Bertz CT molecular complexity index is 1390. The highest BCUT2D eigenvalue weighted by atomic mass is 16.5. The minimum absolute atomic E-state index is 0.116. The molecule has 45 heavy (non-hydrogen) atoms. The van der Waals surface area contributed by atoms with Crippen LogP contribution in [0, 0.1) is 30.1 Å². The van der Waals surface area contributed by atoms with E-state index < -0.39 is 35.6 Å². The average molecular weight is 614 g/mol. The average Bonchev–Trinajstić information content (AvgIpc) is 3.33. The molecule has 0 saturated heterocycles. The molecular formula is C39H51NO5. The number of allylic oxidation sites excluding steroid dienone is 2. The fourth-order valence-corrected chi connectivity index (χ4v) is 6.09. The lowest BCUT2D eigenvalue weighted by Gasteiger charge is -2.35. The highest BCUT2D eigenvalue weighted by Crippen LogP contribution is 2.41. The van der Waals surface area contributed by atoms with Gasteiger partial charge in [0.2, 0.25) is 0 Å². The molecular weight excluding hydrogens is 562 g/mol. The Kier molecular flexibility index (Phi) is 12.8. The Balaban J connectivity index is 1.76. The van der Waals surface area contributed by atoms with E-state index in [0.717, 1.165) is 52.8 Å². The zero-order chi connectivity index (χ0) is 33.3. The lowest BCUT2D eigenvalue weighted by Crippen LogP contribution is -2.46. The first-order valence-corrected chi connectivity index (χ1v) is 16.0. The maximum absolute atomic E-state index is 13.7. The van der Waals surface area contributed by atoms with Crippen LogP contribution in [-0.4, -0.2) is 45.3 Å². The topological polar surface area (TPSA) is 96.7 Å². The minimum Gasteiger partial charge on any atom is -0.457 e. The lowest BCUT2D eigenvalue weighted by molar-refractivity contribution is -0.154. The lowest BCUT2D eigenvalue weighted by atomic mass is 9.71. The van der Waals surface area contributed by atoms with Gasteiger partial charge in [0.15, 0.2) is 0 Å². The molecule has 0 unspecified atom stereocenters. The third kappa shape index (κ3) is 9.21. The molecule has 242 valence electrons. The number of hydrogen-bond acceptors (Lipinski definition) is 6. The Hall–Kier alpha value is -3.61. The van der Waals surface area contributed by atoms with E-state index in [1.807, 2.05) is 82.4 Å². The Morgan fingerprint density at radius 3 is 2.42 bits per heavy atom. The number of carbonyl (C=O) groups is 2. The maximum atomic E-state index is 13.7. The number of aliphatic hydroxyl groups excluding tert-OH is 2. The van der Waals surface area contributed by atoms with Crippen LogP contribution in [0.25, 0.3) is 11.6 Å². The van der Waals surface area contributed by atoms with Crippen LogP contribution in [0.1, 0.15) is 83.5 Å². The number of aliphatic hydroxyl groups is 2. The largest absolute Gasteiger partial charge is 0.457 e. The standard InChI is InChI=1S/C39H51NO5/c1-9-39(8,38(44)29(7)36(43)27(5)15-13-14-25(2)3)34(41)23-35(42)45-37-28(6)32(33-21-18-26(4)24-40-33)22-31(37)20-19-30-16-11-10-12-17-30/h9-12,16-21,24,27,29,31,34,36-37,41,43H,1-2,13-15,22-23H2,3-8H3/b20-19+/t27-,29+,31+,34-,36-,37+,39+/m0/s1. The van der Waals surface area contributed by atoms with Crippen LogP contribution in [0.4, 0.5) is 0 Å². The van der Waals surface area contributed by atoms with Crippen LogP contribution in [0.2, 0.25) is 0 Å². The van der Waals surface area contributed by atoms with Crippen LogP contribution in [0.3, 0.4) is 0 Å². The van der Waals surface area contributed by atoms with Crippen molar-refractivity contribution in [2.24, 2.45) is 23.2 Å². The van der Waals surface area contributed by atoms with E-state index >= 15 is 0 Å². The summed E-state index contributed by atoms with van der Waals surface area (Å²) in [6.45, 7) is 18.8. The second-order valence-corrected chi connectivity index (χ2v) is 13.1. The molecule has 1 heterocycles. The molecule has 2 N–H and O–H groups in total. The minimum atomic E-state index is -1.44. The molecule has 0 radical (unpaired) electrons. The molecule has 1 aromatic heterocycles. The monoisotopic (exact) mass is 613 g/mol. The predicted octanol–water partition coefficient (Wildman–Crippen LogP) is 7.70. The Morgan fingerprint density at radius 2 is 1.82 bits per heavy atom. The van der Waals surface area contributed by atoms with Gasteiger partial charge in [-0.05, 0) is 87.6 Å². The molecule has 7 atom stereocenters. The van der Waals surface area contributed by atoms with Gasteiger partial charge in [-0.15, -0.1) is 13.2 Å². The number of ether oxygens (including phenoxy) is 1. The summed E-state index contributed by atoms with van der Waals surface area (Å²) in [6, 6.07) is 13.9. The normalized spacial score (nSPS) is 20.7. The van der Waals surface area contributed by atoms with Crippen LogP contribution in [-0.2, 0) is 14.3 Å². The number of benzene rings is 1. The van der Waals surface area contributed by atoms with E-state index in [4.69, 9.17) is 4.74 Å². The van der Waals surface area contributed by atoms with Gasteiger partial charge >= 0.3 is 5.97 Å². The summed E-state index contributed by atoms with van der Waals surface area (Å²) >= 11 is 0. The van der Waals surface area contributed by atoms with Crippen molar-refractivity contribution in [1.82, 2.24) is 4.98 Å². The fourth-order valence-electron chi connectivity index (χ4n) is 6.09. The molecule has 1 aliphatic rings. The third-order valence-electron chi connectivity index (χ3n) is 9.32. The SMILES string of the molecule is C=C[C@@](C)(C(=O)[C@H](C)[C@@H](O)[C@@H](C)CCCC(=C)C)[C@@H](O)CC(=O)O[C@@H]1C(C)=C(c2ccc(C)cn2)C[C@H]1/C=C/c1ccccc1. The van der Waals surface area contributed by atoms with Crippen molar-refractivity contribution in [3.05, 3.63) is 102 Å². The number of aromatic nitrogens is 1. The van der Waals surface area contributed by atoms with Gasteiger partial charge in [-0.1, -0.05) is 74.0 Å². The summed E-state index contributed by atoms with van der Waals surface area (Å²) in [5.41, 5.74) is 4.53. The molecule has 0 fully saturated rings. The summed E-state index contributed by atoms with van der Waals surface area (Å²) in [6.07, 6.45) is 7.25. The number of carbonyl (C=O) groups excluding carboxylic acids is 2. The first-order chi connectivity index (χ1) is 21.3. The Morgan fingerprint density at radius 1 is 1.13 bits per heavy atom. The number of nitrogens with zero attached hydrogens (tertiary/aromatic N) is 1. The molecule has 0 amide bonds. The predicted molar refractivity (Wildman–Crippen MR) is 182 cm³/mol. The van der Waals surface area contributed by atoms with Crippen molar-refractivity contribution in [3.63, 3.8) is 0 Å². The van der Waals surface area contributed by atoms with Crippen LogP contribution in [0.15, 0.2) is 85.1 Å². The number of pyridine rings is 1. The van der Waals surface area contributed by atoms with Gasteiger partial charge in [0.1, 0.15) is 11.9 Å². The van der Waals surface area contributed by atoms with Crippen molar-refractivity contribution in [2.45, 2.75) is 92.0 Å². The highest BCUT2D eigenvalue weighted by molar-refractivity contribution is 5.90. The number of rotatable bonds is 16. The first kappa shape index (κ1) is 35.9.